The first-order chi connectivity index (χ1) is 14.7. The van der Waals surface area contributed by atoms with Crippen molar-refractivity contribution < 1.29 is 13.7 Å². The minimum absolute atomic E-state index is 0.00462. The van der Waals surface area contributed by atoms with Crippen LogP contribution in [0.5, 0.6) is 5.88 Å². The van der Waals surface area contributed by atoms with E-state index in [1.54, 1.807) is 4.68 Å². The number of aromatic nitrogens is 2. The molecular weight excluding hydrogens is 416 g/mol. The predicted molar refractivity (Wildman–Crippen MR) is 118 cm³/mol. The standard InChI is InChI=1S/C21H28N6O3S/c1-12-7-14-8-13-5-4-6-16(13)19(18(12)14)24-21(28)25-31(22,29)17-9-23-27-15(10-26(2)3)11-30-20(17)27/h8-9,12,15H,4-7,10-11H2,1-3H3,(H3,22,24,25,28,29)/t12-,15+,31?/m1/s1. The number of hydrogen-bond donors (Lipinski definition) is 2. The maximum absolute atomic E-state index is 13.2. The highest BCUT2D eigenvalue weighted by Gasteiger charge is 2.33. The first-order valence-electron chi connectivity index (χ1n) is 10.6. The van der Waals surface area contributed by atoms with Gasteiger partial charge in [-0.25, -0.2) is 18.8 Å². The number of nitrogens with zero attached hydrogens (tertiary/aromatic N) is 4. The van der Waals surface area contributed by atoms with Gasteiger partial charge in [0, 0.05) is 12.2 Å². The molecule has 0 fully saturated rings. The predicted octanol–water partition coefficient (Wildman–Crippen LogP) is 2.46. The van der Waals surface area contributed by atoms with Gasteiger partial charge in [-0.3, -0.25) is 0 Å². The van der Waals surface area contributed by atoms with Crippen LogP contribution in [0.25, 0.3) is 0 Å². The highest BCUT2D eigenvalue weighted by atomic mass is 32.2. The van der Waals surface area contributed by atoms with Crippen molar-refractivity contribution in [1.29, 1.82) is 0 Å². The van der Waals surface area contributed by atoms with Crippen LogP contribution in [0.1, 0.15) is 47.6 Å². The zero-order valence-electron chi connectivity index (χ0n) is 18.1. The van der Waals surface area contributed by atoms with Crippen molar-refractivity contribution in [3.05, 3.63) is 34.5 Å². The number of hydrogen-bond acceptors (Lipinski definition) is 5. The van der Waals surface area contributed by atoms with Crippen molar-refractivity contribution in [3.8, 4) is 5.88 Å². The normalized spacial score (nSPS) is 22.7. The number of rotatable bonds is 4. The Morgan fingerprint density at radius 2 is 2.23 bits per heavy atom. The van der Waals surface area contributed by atoms with Crippen LogP contribution in [0.4, 0.5) is 10.5 Å². The average Bonchev–Trinajstić information content (AvgIpc) is 3.37. The average molecular weight is 445 g/mol. The summed E-state index contributed by atoms with van der Waals surface area (Å²) in [6, 6.07) is 1.57. The van der Waals surface area contributed by atoms with Gasteiger partial charge >= 0.3 is 6.03 Å². The van der Waals surface area contributed by atoms with Crippen molar-refractivity contribution in [2.75, 3.05) is 32.6 Å². The van der Waals surface area contributed by atoms with Crippen LogP contribution in [0.15, 0.2) is 21.5 Å². The summed E-state index contributed by atoms with van der Waals surface area (Å²) in [5.41, 5.74) is 5.78. The Kier molecular flexibility index (Phi) is 4.83. The number of nitrogens with two attached hydrogens (primary N) is 1. The number of carbonyl (C=O) groups is 1. The molecular formula is C21H28N6O3S. The monoisotopic (exact) mass is 444 g/mol. The third-order valence-corrected chi connectivity index (χ3v) is 7.71. The van der Waals surface area contributed by atoms with Crippen molar-refractivity contribution in [2.24, 2.45) is 9.50 Å². The summed E-state index contributed by atoms with van der Waals surface area (Å²) in [7, 11) is 0.419. The molecule has 0 saturated heterocycles. The number of carbonyl (C=O) groups excluding carboxylic acids is 1. The maximum atomic E-state index is 13.2. The lowest BCUT2D eigenvalue weighted by Crippen LogP contribution is -2.24. The summed E-state index contributed by atoms with van der Waals surface area (Å²) < 4.78 is 24.5. The Morgan fingerprint density at radius 3 is 2.97 bits per heavy atom. The minimum Gasteiger partial charge on any atom is -0.475 e. The topological polar surface area (TPSA) is 115 Å². The molecule has 0 spiro atoms. The molecule has 3 N–H and O–H groups in total. The molecule has 3 atom stereocenters. The zero-order valence-corrected chi connectivity index (χ0v) is 18.9. The molecule has 166 valence electrons. The molecule has 0 saturated carbocycles. The molecule has 0 bridgehead atoms. The van der Waals surface area contributed by atoms with E-state index in [2.05, 4.69) is 27.8 Å². The second-order valence-electron chi connectivity index (χ2n) is 9.00. The Morgan fingerprint density at radius 1 is 1.42 bits per heavy atom. The van der Waals surface area contributed by atoms with Gasteiger partial charge < -0.3 is 15.0 Å². The lowest BCUT2D eigenvalue weighted by molar-refractivity contribution is 0.260. The minimum atomic E-state index is -3.50. The number of aryl methyl sites for hydroxylation is 1. The summed E-state index contributed by atoms with van der Waals surface area (Å²) in [5, 5.41) is 13.2. The van der Waals surface area contributed by atoms with Gasteiger partial charge in [-0.1, -0.05) is 13.0 Å². The summed E-state index contributed by atoms with van der Waals surface area (Å²) in [6.45, 7) is 3.29. The van der Waals surface area contributed by atoms with Crippen LogP contribution in [0.2, 0.25) is 0 Å². The fraction of sp³-hybridized carbons (Fsp3) is 0.524. The van der Waals surface area contributed by atoms with Gasteiger partial charge in [0.05, 0.1) is 6.20 Å². The number of urea groups is 1. The van der Waals surface area contributed by atoms with Gasteiger partial charge in [-0.05, 0) is 68.0 Å². The summed E-state index contributed by atoms with van der Waals surface area (Å²) >= 11 is 0. The number of amides is 2. The molecule has 5 rings (SSSR count). The van der Waals surface area contributed by atoms with Crippen LogP contribution < -0.4 is 15.2 Å². The number of likely N-dealkylation sites (N-methyl/N-ethyl adjacent to an activating group) is 1. The fourth-order valence-corrected chi connectivity index (χ4v) is 6.02. The summed E-state index contributed by atoms with van der Waals surface area (Å²) in [4.78, 5) is 15.0. The van der Waals surface area contributed by atoms with Crippen molar-refractivity contribution >= 4 is 21.6 Å². The van der Waals surface area contributed by atoms with E-state index in [-0.39, 0.29) is 10.9 Å². The Balaban J connectivity index is 1.44. The summed E-state index contributed by atoms with van der Waals surface area (Å²) in [5.74, 6) is 0.716. The van der Waals surface area contributed by atoms with Crippen molar-refractivity contribution in [1.82, 2.24) is 14.7 Å². The molecule has 2 amide bonds. The second-order valence-corrected chi connectivity index (χ2v) is 10.8. The highest BCUT2D eigenvalue weighted by molar-refractivity contribution is 7.91. The van der Waals surface area contributed by atoms with Gasteiger partial charge in [-0.15, -0.1) is 4.36 Å². The van der Waals surface area contributed by atoms with E-state index >= 15 is 0 Å². The highest BCUT2D eigenvalue weighted by Crippen LogP contribution is 2.45. The number of nitrogens with one attached hydrogen (secondary N) is 1. The Labute approximate surface area is 182 Å². The first kappa shape index (κ1) is 20.5. The SMILES string of the molecule is C[C@@H]1Cc2cc3c(c(NC(=O)N=S(N)(=O)c4cnn5c4OC[C@@H]5CN(C)C)c21)CCC3. The molecule has 9 nitrogen and oxygen atoms in total. The lowest BCUT2D eigenvalue weighted by atomic mass is 9.75. The van der Waals surface area contributed by atoms with E-state index in [0.29, 0.717) is 18.4 Å². The van der Waals surface area contributed by atoms with Gasteiger partial charge in [-0.2, -0.15) is 5.10 Å². The van der Waals surface area contributed by atoms with Crippen LogP contribution in [-0.2, 0) is 29.2 Å². The number of fused-ring (bicyclic) bond motifs is 3. The molecule has 10 heteroatoms. The van der Waals surface area contributed by atoms with Crippen molar-refractivity contribution in [2.45, 2.75) is 49.5 Å². The largest absolute Gasteiger partial charge is 0.475 e. The van der Waals surface area contributed by atoms with Crippen LogP contribution in [0.3, 0.4) is 0 Å². The lowest BCUT2D eigenvalue weighted by Gasteiger charge is -2.31. The van der Waals surface area contributed by atoms with Crippen LogP contribution >= 0.6 is 0 Å². The summed E-state index contributed by atoms with van der Waals surface area (Å²) in [6.07, 6.45) is 5.45. The first-order valence-corrected chi connectivity index (χ1v) is 12.2. The van der Waals surface area contributed by atoms with Crippen molar-refractivity contribution in [3.63, 3.8) is 0 Å². The molecule has 3 aliphatic rings. The van der Waals surface area contributed by atoms with E-state index in [9.17, 15) is 9.00 Å². The van der Waals surface area contributed by atoms with Gasteiger partial charge in [0.1, 0.15) is 17.5 Å². The quantitative estimate of drug-likeness (QED) is 0.752. The van der Waals surface area contributed by atoms with E-state index < -0.39 is 15.9 Å². The zero-order chi connectivity index (χ0) is 21.9. The van der Waals surface area contributed by atoms with E-state index in [4.69, 9.17) is 9.88 Å². The third-order valence-electron chi connectivity index (χ3n) is 6.36. The van der Waals surface area contributed by atoms with E-state index in [0.717, 1.165) is 37.9 Å². The molecule has 2 heterocycles. The Bertz CT molecular complexity index is 1190. The number of ether oxygens (including phenoxy) is 1. The molecule has 0 radical (unpaired) electrons. The second kappa shape index (κ2) is 7.32. The molecule has 1 aliphatic heterocycles. The molecule has 2 aliphatic carbocycles. The molecule has 1 unspecified atom stereocenters. The number of anilines is 1. The van der Waals surface area contributed by atoms with Gasteiger partial charge in [0.2, 0.25) is 5.88 Å². The molecule has 1 aromatic heterocycles. The van der Waals surface area contributed by atoms with Crippen LogP contribution in [-0.4, -0.2) is 52.2 Å². The third kappa shape index (κ3) is 3.42. The van der Waals surface area contributed by atoms with E-state index in [1.807, 2.05) is 19.0 Å². The van der Waals surface area contributed by atoms with Gasteiger partial charge in [0.25, 0.3) is 0 Å². The van der Waals surface area contributed by atoms with E-state index in [1.165, 1.54) is 28.5 Å². The molecule has 2 aromatic rings. The van der Waals surface area contributed by atoms with Gasteiger partial charge in [0.15, 0.2) is 9.92 Å². The molecule has 31 heavy (non-hydrogen) atoms. The molecule has 1 aromatic carbocycles. The van der Waals surface area contributed by atoms with Crippen LogP contribution in [0, 0.1) is 0 Å². The Hall–Kier alpha value is -2.43. The number of benzene rings is 1. The maximum Gasteiger partial charge on any atom is 0.354 e. The smallest absolute Gasteiger partial charge is 0.354 e. The fourth-order valence-electron chi connectivity index (χ4n) is 5.03.